The molecule has 1 saturated heterocycles. The minimum atomic E-state index is 0.0967. The predicted octanol–water partition coefficient (Wildman–Crippen LogP) is 4.53. The van der Waals surface area contributed by atoms with Crippen LogP contribution in [0.1, 0.15) is 12.8 Å². The third-order valence-electron chi connectivity index (χ3n) is 3.50. The molecule has 1 aromatic carbocycles. The van der Waals surface area contributed by atoms with Gasteiger partial charge in [-0.2, -0.15) is 0 Å². The average molecular weight is 484 g/mol. The maximum Gasteiger partial charge on any atom is 0.319 e. The number of nitrogens with one attached hydrogen (secondary N) is 1. The summed E-state index contributed by atoms with van der Waals surface area (Å²) in [7, 11) is 3.59. The molecule has 116 valence electrons. The minimum absolute atomic E-state index is 0.0967. The first-order valence-corrected chi connectivity index (χ1v) is 9.13. The Labute approximate surface area is 150 Å². The van der Waals surface area contributed by atoms with E-state index in [0.29, 0.717) is 6.04 Å². The first-order chi connectivity index (χ1) is 9.88. The Bertz CT molecular complexity index is 505. The zero-order chi connectivity index (χ0) is 15.6. The van der Waals surface area contributed by atoms with Crippen LogP contribution in [0.2, 0.25) is 0 Å². The van der Waals surface area contributed by atoms with Gasteiger partial charge < -0.3 is 15.1 Å². The standard InChI is InChI=1S/C14H18Br3N3O/c1-19(2)14(21)20-5-3-10(4-6-20)18-13-11(16)7-9(15)8-12(13)17/h7-8,10,18H,3-6H2,1-2H3. The summed E-state index contributed by atoms with van der Waals surface area (Å²) in [4.78, 5) is 15.5. The number of carbonyl (C=O) groups is 1. The van der Waals surface area contributed by atoms with Gasteiger partial charge in [0.2, 0.25) is 0 Å². The minimum Gasteiger partial charge on any atom is -0.380 e. The highest BCUT2D eigenvalue weighted by Crippen LogP contribution is 2.35. The summed E-state index contributed by atoms with van der Waals surface area (Å²) in [5.74, 6) is 0. The Morgan fingerprint density at radius 2 is 1.71 bits per heavy atom. The molecule has 0 spiro atoms. The third-order valence-corrected chi connectivity index (χ3v) is 5.21. The SMILES string of the molecule is CN(C)C(=O)N1CCC(Nc2c(Br)cc(Br)cc2Br)CC1. The normalized spacial score (nSPS) is 16.0. The fraction of sp³-hybridized carbons (Fsp3) is 0.500. The van der Waals surface area contributed by atoms with Gasteiger partial charge >= 0.3 is 6.03 Å². The van der Waals surface area contributed by atoms with E-state index < -0.39 is 0 Å². The van der Waals surface area contributed by atoms with Gasteiger partial charge in [0, 0.05) is 46.6 Å². The molecule has 7 heteroatoms. The van der Waals surface area contributed by atoms with E-state index in [1.165, 1.54) is 0 Å². The smallest absolute Gasteiger partial charge is 0.319 e. The van der Waals surface area contributed by atoms with E-state index in [1.807, 2.05) is 17.0 Å². The second kappa shape index (κ2) is 7.33. The van der Waals surface area contributed by atoms with Crippen LogP contribution in [0.25, 0.3) is 0 Å². The van der Waals surface area contributed by atoms with E-state index in [4.69, 9.17) is 0 Å². The summed E-state index contributed by atoms with van der Waals surface area (Å²) >= 11 is 10.6. The zero-order valence-electron chi connectivity index (χ0n) is 12.0. The predicted molar refractivity (Wildman–Crippen MR) is 96.8 cm³/mol. The van der Waals surface area contributed by atoms with E-state index in [9.17, 15) is 4.79 Å². The fourth-order valence-corrected chi connectivity index (χ4v) is 4.87. The van der Waals surface area contributed by atoms with Gasteiger partial charge in [-0.1, -0.05) is 15.9 Å². The van der Waals surface area contributed by atoms with Crippen molar-refractivity contribution in [3.63, 3.8) is 0 Å². The molecule has 0 atom stereocenters. The van der Waals surface area contributed by atoms with Gasteiger partial charge in [0.05, 0.1) is 5.69 Å². The number of hydrogen-bond acceptors (Lipinski definition) is 2. The van der Waals surface area contributed by atoms with E-state index in [1.54, 1.807) is 19.0 Å². The van der Waals surface area contributed by atoms with Crippen LogP contribution in [0.15, 0.2) is 25.6 Å². The summed E-state index contributed by atoms with van der Waals surface area (Å²) in [5, 5.41) is 3.57. The fourth-order valence-electron chi connectivity index (χ4n) is 2.38. The molecule has 0 saturated carbocycles. The zero-order valence-corrected chi connectivity index (χ0v) is 16.8. The molecule has 4 nitrogen and oxygen atoms in total. The topological polar surface area (TPSA) is 35.6 Å². The number of carbonyl (C=O) groups excluding carboxylic acids is 1. The van der Waals surface area contributed by atoms with Crippen molar-refractivity contribution in [2.45, 2.75) is 18.9 Å². The van der Waals surface area contributed by atoms with Crippen molar-refractivity contribution in [3.8, 4) is 0 Å². The van der Waals surface area contributed by atoms with Crippen molar-refractivity contribution >= 4 is 59.5 Å². The Kier molecular flexibility index (Phi) is 5.96. The highest BCUT2D eigenvalue weighted by Gasteiger charge is 2.24. The van der Waals surface area contributed by atoms with Gasteiger partial charge in [0.15, 0.2) is 0 Å². The van der Waals surface area contributed by atoms with Crippen LogP contribution in [-0.4, -0.2) is 49.1 Å². The molecule has 2 amide bonds. The lowest BCUT2D eigenvalue weighted by Crippen LogP contribution is -2.46. The van der Waals surface area contributed by atoms with Crippen LogP contribution in [0.3, 0.4) is 0 Å². The molecule has 1 aliphatic rings. The van der Waals surface area contributed by atoms with Crippen LogP contribution < -0.4 is 5.32 Å². The molecule has 1 aliphatic heterocycles. The first kappa shape index (κ1) is 17.1. The average Bonchev–Trinajstić information content (AvgIpc) is 2.42. The van der Waals surface area contributed by atoms with Gasteiger partial charge in [0.25, 0.3) is 0 Å². The molecule has 0 aromatic heterocycles. The molecule has 1 heterocycles. The van der Waals surface area contributed by atoms with Gasteiger partial charge in [0.1, 0.15) is 0 Å². The summed E-state index contributed by atoms with van der Waals surface area (Å²) in [6.45, 7) is 1.58. The lowest BCUT2D eigenvalue weighted by atomic mass is 10.0. The highest BCUT2D eigenvalue weighted by atomic mass is 79.9. The second-order valence-electron chi connectivity index (χ2n) is 5.33. The number of benzene rings is 1. The molecule has 0 radical (unpaired) electrons. The number of hydrogen-bond donors (Lipinski definition) is 1. The van der Waals surface area contributed by atoms with E-state index in [-0.39, 0.29) is 6.03 Å². The van der Waals surface area contributed by atoms with Crippen LogP contribution in [0.5, 0.6) is 0 Å². The molecule has 0 aliphatic carbocycles. The molecule has 21 heavy (non-hydrogen) atoms. The Hall–Kier alpha value is -0.270. The van der Waals surface area contributed by atoms with Crippen LogP contribution in [-0.2, 0) is 0 Å². The number of anilines is 1. The maximum absolute atomic E-state index is 11.9. The quantitative estimate of drug-likeness (QED) is 0.670. The molecule has 1 aromatic rings. The number of piperidine rings is 1. The lowest BCUT2D eigenvalue weighted by Gasteiger charge is -2.34. The molecular formula is C14H18Br3N3O. The van der Waals surface area contributed by atoms with Crippen LogP contribution in [0.4, 0.5) is 10.5 Å². The number of urea groups is 1. The first-order valence-electron chi connectivity index (χ1n) is 6.76. The highest BCUT2D eigenvalue weighted by molar-refractivity contribution is 9.11. The largest absolute Gasteiger partial charge is 0.380 e. The lowest BCUT2D eigenvalue weighted by molar-refractivity contribution is 0.158. The molecule has 0 unspecified atom stereocenters. The summed E-state index contributed by atoms with van der Waals surface area (Å²) < 4.78 is 3.07. The van der Waals surface area contributed by atoms with Gasteiger partial charge in [-0.15, -0.1) is 0 Å². The monoisotopic (exact) mass is 481 g/mol. The number of likely N-dealkylation sites (tertiary alicyclic amines) is 1. The molecule has 2 rings (SSSR count). The summed E-state index contributed by atoms with van der Waals surface area (Å²) in [6.07, 6.45) is 1.91. The Morgan fingerprint density at radius 3 is 2.19 bits per heavy atom. The van der Waals surface area contributed by atoms with Crippen molar-refractivity contribution in [2.75, 3.05) is 32.5 Å². The molecule has 1 fully saturated rings. The number of nitrogens with zero attached hydrogens (tertiary/aromatic N) is 2. The second-order valence-corrected chi connectivity index (χ2v) is 7.95. The number of amides is 2. The van der Waals surface area contributed by atoms with E-state index in [2.05, 4.69) is 53.1 Å². The van der Waals surface area contributed by atoms with Gasteiger partial charge in [-0.3, -0.25) is 0 Å². The summed E-state index contributed by atoms with van der Waals surface area (Å²) in [6, 6.07) is 4.53. The molecular weight excluding hydrogens is 466 g/mol. The van der Waals surface area contributed by atoms with Gasteiger partial charge in [-0.25, -0.2) is 4.79 Å². The van der Waals surface area contributed by atoms with Crippen LogP contribution >= 0.6 is 47.8 Å². The molecule has 1 N–H and O–H groups in total. The maximum atomic E-state index is 11.9. The third kappa shape index (κ3) is 4.36. The molecule has 0 bridgehead atoms. The Morgan fingerprint density at radius 1 is 1.19 bits per heavy atom. The number of halogens is 3. The van der Waals surface area contributed by atoms with Crippen LogP contribution in [0, 0.1) is 0 Å². The summed E-state index contributed by atoms with van der Waals surface area (Å²) in [5.41, 5.74) is 1.07. The Balaban J connectivity index is 1.97. The van der Waals surface area contributed by atoms with Crippen molar-refractivity contribution in [2.24, 2.45) is 0 Å². The van der Waals surface area contributed by atoms with Crippen molar-refractivity contribution in [3.05, 3.63) is 25.6 Å². The van der Waals surface area contributed by atoms with E-state index >= 15 is 0 Å². The van der Waals surface area contributed by atoms with Crippen molar-refractivity contribution in [1.29, 1.82) is 0 Å². The van der Waals surface area contributed by atoms with Crippen molar-refractivity contribution < 1.29 is 4.79 Å². The van der Waals surface area contributed by atoms with Gasteiger partial charge in [-0.05, 0) is 56.8 Å². The van der Waals surface area contributed by atoms with E-state index in [0.717, 1.165) is 45.0 Å². The number of rotatable bonds is 2. The van der Waals surface area contributed by atoms with Crippen molar-refractivity contribution in [1.82, 2.24) is 9.80 Å².